The summed E-state index contributed by atoms with van der Waals surface area (Å²) in [7, 11) is 0. The van der Waals surface area contributed by atoms with Crippen molar-refractivity contribution in [1.82, 2.24) is 15.2 Å². The van der Waals surface area contributed by atoms with Crippen molar-refractivity contribution < 1.29 is 0 Å². The average molecular weight is 305 g/mol. The Balaban J connectivity index is 1.43. The summed E-state index contributed by atoms with van der Waals surface area (Å²) in [5, 5.41) is 6.82. The highest BCUT2D eigenvalue weighted by molar-refractivity contribution is 7.20. The Morgan fingerprint density at radius 2 is 2.40 bits per heavy atom. The van der Waals surface area contributed by atoms with Gasteiger partial charge in [0, 0.05) is 30.7 Å². The Kier molecular flexibility index (Phi) is 3.38. The highest BCUT2D eigenvalue weighted by Crippen LogP contribution is 2.37. The lowest BCUT2D eigenvalue weighted by Gasteiger charge is -2.22. The van der Waals surface area contributed by atoms with Gasteiger partial charge in [0.25, 0.3) is 0 Å². The van der Waals surface area contributed by atoms with Crippen LogP contribution in [0.1, 0.15) is 17.7 Å². The second-order valence-corrected chi connectivity index (χ2v) is 8.06. The van der Waals surface area contributed by atoms with Crippen LogP contribution in [0.4, 0.5) is 0 Å². The molecule has 2 fully saturated rings. The van der Waals surface area contributed by atoms with Crippen molar-refractivity contribution >= 4 is 22.7 Å². The predicted molar refractivity (Wildman–Crippen MR) is 85.2 cm³/mol. The first kappa shape index (κ1) is 13.0. The van der Waals surface area contributed by atoms with Gasteiger partial charge in [-0.15, -0.1) is 22.7 Å². The van der Waals surface area contributed by atoms with E-state index in [9.17, 15) is 0 Å². The molecular formula is C15H19N3S2. The molecule has 0 aliphatic carbocycles. The first-order chi connectivity index (χ1) is 9.83. The van der Waals surface area contributed by atoms with Crippen molar-refractivity contribution in [3.05, 3.63) is 28.6 Å². The fraction of sp³-hybridized carbons (Fsp3) is 0.533. The molecule has 0 amide bonds. The van der Waals surface area contributed by atoms with Crippen LogP contribution in [0.3, 0.4) is 0 Å². The smallest absolute Gasteiger partial charge is 0.133 e. The van der Waals surface area contributed by atoms with Gasteiger partial charge in [0.2, 0.25) is 0 Å². The van der Waals surface area contributed by atoms with Crippen molar-refractivity contribution in [3.8, 4) is 9.88 Å². The maximum absolute atomic E-state index is 4.58. The number of aromatic nitrogens is 1. The van der Waals surface area contributed by atoms with Gasteiger partial charge in [-0.25, -0.2) is 4.98 Å². The molecule has 0 saturated carbocycles. The SMILES string of the molecule is c1csc(-c2ncc(CN3CCC4(CCNC4)C3)s2)c1. The van der Waals surface area contributed by atoms with Gasteiger partial charge in [-0.3, -0.25) is 4.90 Å². The van der Waals surface area contributed by atoms with Crippen LogP contribution in [-0.4, -0.2) is 36.1 Å². The lowest BCUT2D eigenvalue weighted by Crippen LogP contribution is -2.28. The molecule has 0 bridgehead atoms. The van der Waals surface area contributed by atoms with Crippen LogP contribution in [0.15, 0.2) is 23.7 Å². The minimum Gasteiger partial charge on any atom is -0.316 e. The minimum absolute atomic E-state index is 0.571. The van der Waals surface area contributed by atoms with Crippen molar-refractivity contribution in [3.63, 3.8) is 0 Å². The second-order valence-electron chi connectivity index (χ2n) is 6.00. The number of thiazole rings is 1. The first-order valence-electron chi connectivity index (χ1n) is 7.25. The van der Waals surface area contributed by atoms with Crippen LogP contribution in [0.25, 0.3) is 9.88 Å². The van der Waals surface area contributed by atoms with Gasteiger partial charge in [-0.05, 0) is 42.8 Å². The first-order valence-corrected chi connectivity index (χ1v) is 8.94. The fourth-order valence-corrected chi connectivity index (χ4v) is 5.18. The highest BCUT2D eigenvalue weighted by atomic mass is 32.1. The number of thiophene rings is 1. The zero-order valence-electron chi connectivity index (χ0n) is 11.5. The third kappa shape index (κ3) is 2.44. The van der Waals surface area contributed by atoms with E-state index in [2.05, 4.69) is 38.9 Å². The summed E-state index contributed by atoms with van der Waals surface area (Å²) >= 11 is 3.62. The number of hydrogen-bond donors (Lipinski definition) is 1. The topological polar surface area (TPSA) is 28.2 Å². The zero-order valence-corrected chi connectivity index (χ0v) is 13.1. The van der Waals surface area contributed by atoms with E-state index in [1.807, 2.05) is 11.3 Å². The van der Waals surface area contributed by atoms with E-state index in [1.54, 1.807) is 11.3 Å². The largest absolute Gasteiger partial charge is 0.316 e. The van der Waals surface area contributed by atoms with Gasteiger partial charge < -0.3 is 5.32 Å². The predicted octanol–water partition coefficient (Wildman–Crippen LogP) is 3.06. The van der Waals surface area contributed by atoms with Crippen LogP contribution in [0.5, 0.6) is 0 Å². The molecule has 1 spiro atoms. The van der Waals surface area contributed by atoms with E-state index >= 15 is 0 Å². The molecule has 1 atom stereocenters. The van der Waals surface area contributed by atoms with Crippen LogP contribution >= 0.6 is 22.7 Å². The van der Waals surface area contributed by atoms with E-state index in [-0.39, 0.29) is 0 Å². The van der Waals surface area contributed by atoms with Gasteiger partial charge in [0.05, 0.1) is 4.88 Å². The fourth-order valence-electron chi connectivity index (χ4n) is 3.42. The van der Waals surface area contributed by atoms with Gasteiger partial charge in [0.1, 0.15) is 5.01 Å². The molecule has 2 saturated heterocycles. The molecule has 2 aliphatic heterocycles. The van der Waals surface area contributed by atoms with Gasteiger partial charge in [0.15, 0.2) is 0 Å². The molecular weight excluding hydrogens is 286 g/mol. The Bertz CT molecular complexity index is 570. The van der Waals surface area contributed by atoms with Crippen LogP contribution < -0.4 is 5.32 Å². The van der Waals surface area contributed by atoms with Gasteiger partial charge in [-0.2, -0.15) is 0 Å². The van der Waals surface area contributed by atoms with Crippen molar-refractivity contribution in [2.24, 2.45) is 5.41 Å². The molecule has 5 heteroatoms. The summed E-state index contributed by atoms with van der Waals surface area (Å²) in [5.41, 5.74) is 0.571. The maximum Gasteiger partial charge on any atom is 0.133 e. The summed E-state index contributed by atoms with van der Waals surface area (Å²) in [6, 6.07) is 4.25. The zero-order chi connectivity index (χ0) is 13.4. The molecule has 0 radical (unpaired) electrons. The molecule has 4 rings (SSSR count). The Labute approximate surface area is 127 Å². The standard InChI is InChI=1S/C15H19N3S2/c1-2-13(19-7-1)14-17-8-12(20-14)9-18-6-4-15(11-18)3-5-16-10-15/h1-2,7-8,16H,3-6,9-11H2. The Hall–Kier alpha value is -0.750. The normalized spacial score (nSPS) is 26.8. The summed E-state index contributed by atoms with van der Waals surface area (Å²) in [4.78, 5) is 9.88. The average Bonchev–Trinajstić information content (AvgIpc) is 3.21. The van der Waals surface area contributed by atoms with Crippen LogP contribution in [0, 0.1) is 5.41 Å². The molecule has 2 aromatic rings. The van der Waals surface area contributed by atoms with Crippen molar-refractivity contribution in [2.45, 2.75) is 19.4 Å². The molecule has 0 aromatic carbocycles. The highest BCUT2D eigenvalue weighted by Gasteiger charge is 2.40. The van der Waals surface area contributed by atoms with Crippen molar-refractivity contribution in [1.29, 1.82) is 0 Å². The number of nitrogens with one attached hydrogen (secondary N) is 1. The molecule has 106 valence electrons. The summed E-state index contributed by atoms with van der Waals surface area (Å²) < 4.78 is 0. The monoisotopic (exact) mass is 305 g/mol. The van der Waals surface area contributed by atoms with Crippen LogP contribution in [-0.2, 0) is 6.54 Å². The van der Waals surface area contributed by atoms with E-state index in [1.165, 1.54) is 53.8 Å². The molecule has 1 unspecified atom stereocenters. The lowest BCUT2D eigenvalue weighted by atomic mass is 9.87. The second kappa shape index (κ2) is 5.22. The molecule has 1 N–H and O–H groups in total. The van der Waals surface area contributed by atoms with Gasteiger partial charge >= 0.3 is 0 Å². The van der Waals surface area contributed by atoms with Gasteiger partial charge in [-0.1, -0.05) is 6.07 Å². The molecule has 4 heterocycles. The molecule has 2 aliphatic rings. The van der Waals surface area contributed by atoms with E-state index in [0.717, 1.165) is 6.54 Å². The molecule has 3 nitrogen and oxygen atoms in total. The molecule has 2 aromatic heterocycles. The quantitative estimate of drug-likeness (QED) is 0.944. The maximum atomic E-state index is 4.58. The Morgan fingerprint density at radius 1 is 1.40 bits per heavy atom. The third-order valence-corrected chi connectivity index (χ3v) is 6.54. The number of nitrogens with zero attached hydrogens (tertiary/aromatic N) is 2. The third-order valence-electron chi connectivity index (χ3n) is 4.51. The number of likely N-dealkylation sites (tertiary alicyclic amines) is 1. The summed E-state index contributed by atoms with van der Waals surface area (Å²) in [5.74, 6) is 0. The summed E-state index contributed by atoms with van der Waals surface area (Å²) in [6.45, 7) is 5.99. The van der Waals surface area contributed by atoms with E-state index in [0.29, 0.717) is 5.41 Å². The number of hydrogen-bond acceptors (Lipinski definition) is 5. The van der Waals surface area contributed by atoms with Crippen molar-refractivity contribution in [2.75, 3.05) is 26.2 Å². The summed E-state index contributed by atoms with van der Waals surface area (Å²) in [6.07, 6.45) is 4.78. The Morgan fingerprint density at radius 3 is 3.20 bits per heavy atom. The molecule has 20 heavy (non-hydrogen) atoms. The van der Waals surface area contributed by atoms with Crippen LogP contribution in [0.2, 0.25) is 0 Å². The lowest BCUT2D eigenvalue weighted by molar-refractivity contribution is 0.270. The minimum atomic E-state index is 0.571. The number of rotatable bonds is 3. The van der Waals surface area contributed by atoms with E-state index in [4.69, 9.17) is 0 Å². The van der Waals surface area contributed by atoms with E-state index < -0.39 is 0 Å².